The molecular formula is C79H136O17P2. The highest BCUT2D eigenvalue weighted by Crippen LogP contribution is 2.45. The van der Waals surface area contributed by atoms with Crippen molar-refractivity contribution in [2.45, 2.75) is 329 Å². The Labute approximate surface area is 594 Å². The summed E-state index contributed by atoms with van der Waals surface area (Å²) in [4.78, 5) is 72.8. The predicted molar refractivity (Wildman–Crippen MR) is 399 cm³/mol. The highest BCUT2D eigenvalue weighted by molar-refractivity contribution is 7.47. The van der Waals surface area contributed by atoms with Gasteiger partial charge in [-0.05, 0) is 122 Å². The average Bonchev–Trinajstić information content (AvgIpc) is 1.05. The maximum Gasteiger partial charge on any atom is 0.472 e. The van der Waals surface area contributed by atoms with Crippen molar-refractivity contribution in [3.63, 3.8) is 0 Å². The Bertz CT molecular complexity index is 2290. The first-order chi connectivity index (χ1) is 47.7. The molecule has 0 fully saturated rings. The number of allylic oxidation sites excluding steroid dienone is 18. The lowest BCUT2D eigenvalue weighted by molar-refractivity contribution is -0.161. The van der Waals surface area contributed by atoms with Crippen LogP contribution in [0.4, 0.5) is 0 Å². The molecular weight excluding hydrogens is 1280 g/mol. The lowest BCUT2D eigenvalue weighted by atomic mass is 10.0. The zero-order valence-corrected chi connectivity index (χ0v) is 63.2. The SMILES string of the molecule is CC/C=C\C/C=C\C/C=C\C/C=C\CCCCCCC(=O)OCC(COP(=O)(O)OCC(O)COP(=O)(O)OCC(COC(=O)CCCCCCC/C=C\C/C=C\CCC)OC(=O)CCCCCCCCCCCCCCC)OC(=O)CCCCCCC/C=C\C/C=C\C/C=C\CC. The average molecular weight is 1420 g/mol. The summed E-state index contributed by atoms with van der Waals surface area (Å²) in [7, 11) is -9.96. The molecule has 0 aromatic heterocycles. The minimum Gasteiger partial charge on any atom is -0.462 e. The van der Waals surface area contributed by atoms with Gasteiger partial charge in [0.05, 0.1) is 26.4 Å². The van der Waals surface area contributed by atoms with E-state index >= 15 is 0 Å². The molecule has 0 aliphatic heterocycles. The molecule has 0 spiro atoms. The Hall–Kier alpha value is -4.28. The van der Waals surface area contributed by atoms with Crippen molar-refractivity contribution in [2.75, 3.05) is 39.6 Å². The summed E-state index contributed by atoms with van der Waals surface area (Å²) in [5, 5.41) is 10.6. The van der Waals surface area contributed by atoms with Crippen molar-refractivity contribution < 1.29 is 80.2 Å². The number of rotatable bonds is 71. The maximum absolute atomic E-state index is 13.1. The van der Waals surface area contributed by atoms with Crippen LogP contribution in [0.25, 0.3) is 0 Å². The molecule has 17 nitrogen and oxygen atoms in total. The van der Waals surface area contributed by atoms with E-state index in [1.165, 1.54) is 51.4 Å². The highest BCUT2D eigenvalue weighted by Gasteiger charge is 2.30. The van der Waals surface area contributed by atoms with Gasteiger partial charge in [0.2, 0.25) is 0 Å². The van der Waals surface area contributed by atoms with Gasteiger partial charge in [-0.15, -0.1) is 0 Å². The normalized spacial score (nSPS) is 14.6. The molecule has 564 valence electrons. The van der Waals surface area contributed by atoms with Gasteiger partial charge in [0.1, 0.15) is 19.3 Å². The molecule has 0 heterocycles. The molecule has 0 rings (SSSR count). The van der Waals surface area contributed by atoms with E-state index in [4.69, 9.17) is 37.0 Å². The number of esters is 4. The molecule has 19 heteroatoms. The summed E-state index contributed by atoms with van der Waals surface area (Å²) < 4.78 is 68.4. The summed E-state index contributed by atoms with van der Waals surface area (Å²) in [6, 6.07) is 0. The molecule has 5 unspecified atom stereocenters. The van der Waals surface area contributed by atoms with Gasteiger partial charge in [-0.1, -0.05) is 272 Å². The number of aliphatic hydroxyl groups is 1. The second-order valence-electron chi connectivity index (χ2n) is 25.2. The third-order valence-corrected chi connectivity index (χ3v) is 17.6. The second kappa shape index (κ2) is 71.1. The molecule has 0 saturated carbocycles. The van der Waals surface area contributed by atoms with E-state index in [1.807, 2.05) is 0 Å². The first-order valence-corrected chi connectivity index (χ1v) is 41.1. The Morgan fingerprint density at radius 1 is 0.296 bits per heavy atom. The smallest absolute Gasteiger partial charge is 0.462 e. The van der Waals surface area contributed by atoms with E-state index in [1.54, 1.807) is 0 Å². The summed E-state index contributed by atoms with van der Waals surface area (Å²) in [5.41, 5.74) is 0. The van der Waals surface area contributed by atoms with Gasteiger partial charge < -0.3 is 33.8 Å². The summed E-state index contributed by atoms with van der Waals surface area (Å²) in [5.74, 6) is -2.23. The first-order valence-electron chi connectivity index (χ1n) is 38.1. The molecule has 0 amide bonds. The monoisotopic (exact) mass is 1420 g/mol. The number of carbonyl (C=O) groups excluding carboxylic acids is 4. The predicted octanol–water partition coefficient (Wildman–Crippen LogP) is 21.8. The molecule has 0 bridgehead atoms. The maximum atomic E-state index is 13.1. The number of carbonyl (C=O) groups is 4. The van der Waals surface area contributed by atoms with E-state index < -0.39 is 97.5 Å². The zero-order valence-electron chi connectivity index (χ0n) is 61.4. The summed E-state index contributed by atoms with van der Waals surface area (Å²) in [6.45, 7) is 4.54. The van der Waals surface area contributed by atoms with Gasteiger partial charge in [-0.25, -0.2) is 9.13 Å². The van der Waals surface area contributed by atoms with Crippen molar-refractivity contribution >= 4 is 39.5 Å². The fourth-order valence-corrected chi connectivity index (χ4v) is 11.5. The number of unbranched alkanes of at least 4 members (excludes halogenated alkanes) is 27. The number of aliphatic hydroxyl groups excluding tert-OH is 1. The fraction of sp³-hybridized carbons (Fsp3) is 0.722. The summed E-state index contributed by atoms with van der Waals surface area (Å²) in [6.07, 6.45) is 75.0. The molecule has 0 aromatic rings. The van der Waals surface area contributed by atoms with E-state index in [-0.39, 0.29) is 25.7 Å². The number of phosphoric acid groups is 2. The number of phosphoric ester groups is 2. The number of hydrogen-bond acceptors (Lipinski definition) is 15. The van der Waals surface area contributed by atoms with Crippen LogP contribution in [0.2, 0.25) is 0 Å². The molecule has 0 aromatic carbocycles. The van der Waals surface area contributed by atoms with E-state index in [0.717, 1.165) is 180 Å². The first kappa shape index (κ1) is 93.7. The third kappa shape index (κ3) is 70.2. The zero-order chi connectivity index (χ0) is 71.8. The van der Waals surface area contributed by atoms with Gasteiger partial charge in [0, 0.05) is 25.7 Å². The molecule has 0 saturated heterocycles. The Kier molecular flexibility index (Phi) is 68.0. The Morgan fingerprint density at radius 2 is 0.551 bits per heavy atom. The van der Waals surface area contributed by atoms with Gasteiger partial charge in [-0.3, -0.25) is 37.3 Å². The van der Waals surface area contributed by atoms with Crippen LogP contribution >= 0.6 is 15.6 Å². The molecule has 0 aliphatic carbocycles. The van der Waals surface area contributed by atoms with Crippen LogP contribution in [0.1, 0.15) is 310 Å². The van der Waals surface area contributed by atoms with Gasteiger partial charge in [0.25, 0.3) is 0 Å². The second-order valence-corrected chi connectivity index (χ2v) is 28.1. The lowest BCUT2D eigenvalue weighted by Gasteiger charge is -2.21. The van der Waals surface area contributed by atoms with Crippen molar-refractivity contribution in [1.82, 2.24) is 0 Å². The third-order valence-electron chi connectivity index (χ3n) is 15.7. The van der Waals surface area contributed by atoms with Crippen LogP contribution in [-0.2, 0) is 65.4 Å². The minimum absolute atomic E-state index is 0.0683. The van der Waals surface area contributed by atoms with Crippen LogP contribution in [0.3, 0.4) is 0 Å². The van der Waals surface area contributed by atoms with Crippen LogP contribution < -0.4 is 0 Å². The van der Waals surface area contributed by atoms with E-state index in [9.17, 15) is 43.2 Å². The molecule has 0 aliphatic rings. The molecule has 98 heavy (non-hydrogen) atoms. The van der Waals surface area contributed by atoms with Crippen molar-refractivity contribution in [3.8, 4) is 0 Å². The quantitative estimate of drug-likeness (QED) is 0.0169. The highest BCUT2D eigenvalue weighted by atomic mass is 31.2. The Balaban J connectivity index is 5.38. The number of ether oxygens (including phenoxy) is 4. The van der Waals surface area contributed by atoms with Crippen LogP contribution in [-0.4, -0.2) is 96.7 Å². The van der Waals surface area contributed by atoms with Crippen LogP contribution in [0.15, 0.2) is 109 Å². The molecule has 0 radical (unpaired) electrons. The largest absolute Gasteiger partial charge is 0.472 e. The number of hydrogen-bond donors (Lipinski definition) is 3. The van der Waals surface area contributed by atoms with E-state index in [0.29, 0.717) is 25.7 Å². The Morgan fingerprint density at radius 3 is 0.857 bits per heavy atom. The van der Waals surface area contributed by atoms with Crippen molar-refractivity contribution in [1.29, 1.82) is 0 Å². The van der Waals surface area contributed by atoms with Crippen LogP contribution in [0.5, 0.6) is 0 Å². The fourth-order valence-electron chi connectivity index (χ4n) is 9.97. The topological polar surface area (TPSA) is 237 Å². The summed E-state index contributed by atoms with van der Waals surface area (Å²) >= 11 is 0. The van der Waals surface area contributed by atoms with E-state index in [2.05, 4.69) is 137 Å². The van der Waals surface area contributed by atoms with Gasteiger partial charge in [-0.2, -0.15) is 0 Å². The standard InChI is InChI=1S/C79H136O17P2/c1-5-9-13-17-21-25-29-33-35-36-38-41-44-48-52-56-60-64-77(82)90-70-75(96-79(84)66-62-58-54-50-46-42-37-34-30-26-22-18-14-10-6-2)72-94-98(87,88)92-68-73(80)67-91-97(85,86)93-71-74(95-78(83)65-61-57-53-49-45-40-32-28-24-20-16-12-8-4)69-89-76(81)63-59-55-51-47-43-39-31-27-23-19-15-11-7-3/h9-10,13-15,19,21-22,25-27,31,33-35,37-38,41,73-75,80H,5-8,11-12,16-18,20,23-24,28-30,32,36,39-40,42-72H2,1-4H3,(H,85,86)(H,87,88)/b13-9-,14-10-,19-15-,25-21-,26-22-,31-27-,35-33-,37-34-,41-38-. The lowest BCUT2D eigenvalue weighted by Crippen LogP contribution is -2.30. The minimum atomic E-state index is -4.98. The van der Waals surface area contributed by atoms with Crippen molar-refractivity contribution in [3.05, 3.63) is 109 Å². The van der Waals surface area contributed by atoms with Crippen LogP contribution in [0, 0.1) is 0 Å². The molecule has 3 N–H and O–H groups in total. The van der Waals surface area contributed by atoms with Gasteiger partial charge in [0.15, 0.2) is 12.2 Å². The van der Waals surface area contributed by atoms with Gasteiger partial charge >= 0.3 is 39.5 Å². The van der Waals surface area contributed by atoms with Crippen molar-refractivity contribution in [2.24, 2.45) is 0 Å². The molecule has 5 atom stereocenters.